The lowest BCUT2D eigenvalue weighted by atomic mass is 10.1. The van der Waals surface area contributed by atoms with Crippen LogP contribution in [0.2, 0.25) is 0 Å². The summed E-state index contributed by atoms with van der Waals surface area (Å²) in [6, 6.07) is 18.0. The minimum Gasteiger partial charge on any atom is -0.494 e. The van der Waals surface area contributed by atoms with Gasteiger partial charge in [-0.25, -0.2) is 9.18 Å². The van der Waals surface area contributed by atoms with Gasteiger partial charge in [0.2, 0.25) is 0 Å². The number of ether oxygens (including phenoxy) is 2. The van der Waals surface area contributed by atoms with Crippen molar-refractivity contribution >= 4 is 29.8 Å². The van der Waals surface area contributed by atoms with E-state index in [0.29, 0.717) is 13.1 Å². The third kappa shape index (κ3) is 5.26. The van der Waals surface area contributed by atoms with E-state index in [0.717, 1.165) is 28.3 Å². The molecule has 180 valence electrons. The summed E-state index contributed by atoms with van der Waals surface area (Å²) >= 11 is 0. The molecule has 1 unspecified atom stereocenters. The van der Waals surface area contributed by atoms with Crippen LogP contribution in [0.5, 0.6) is 11.5 Å². The molecule has 6 nitrogen and oxygen atoms in total. The van der Waals surface area contributed by atoms with E-state index >= 15 is 0 Å². The Balaban J connectivity index is 0.00000324. The summed E-state index contributed by atoms with van der Waals surface area (Å²) in [5.74, 6) is -0.388. The number of carbonyl (C=O) groups is 1. The first kappa shape index (κ1) is 25.3. The van der Waals surface area contributed by atoms with E-state index in [-0.39, 0.29) is 35.9 Å². The van der Waals surface area contributed by atoms with Gasteiger partial charge in [-0.3, -0.25) is 0 Å². The summed E-state index contributed by atoms with van der Waals surface area (Å²) < 4.78 is 25.1. The molecule has 2 N–H and O–H groups in total. The van der Waals surface area contributed by atoms with Crippen molar-refractivity contribution in [3.8, 4) is 11.5 Å². The van der Waals surface area contributed by atoms with E-state index in [1.807, 2.05) is 43.3 Å². The number of benzene rings is 3. The van der Waals surface area contributed by atoms with E-state index in [1.165, 1.54) is 13.2 Å². The average Bonchev–Trinajstić information content (AvgIpc) is 2.82. The van der Waals surface area contributed by atoms with Gasteiger partial charge in [0.1, 0.15) is 11.9 Å². The van der Waals surface area contributed by atoms with Gasteiger partial charge in [0.15, 0.2) is 11.6 Å². The second-order valence-electron chi connectivity index (χ2n) is 8.15. The molecule has 0 bridgehead atoms. The van der Waals surface area contributed by atoms with Gasteiger partial charge in [0, 0.05) is 18.3 Å². The van der Waals surface area contributed by atoms with Crippen molar-refractivity contribution in [3.05, 3.63) is 83.2 Å². The topological polar surface area (TPSA) is 71.0 Å². The third-order valence-corrected chi connectivity index (χ3v) is 5.93. The highest BCUT2D eigenvalue weighted by Crippen LogP contribution is 2.38. The van der Waals surface area contributed by atoms with Crippen LogP contribution >= 0.6 is 12.4 Å². The van der Waals surface area contributed by atoms with Crippen LogP contribution in [-0.4, -0.2) is 37.4 Å². The number of carboxylic acid groups (broad SMARTS) is 1. The fourth-order valence-electron chi connectivity index (χ4n) is 4.03. The van der Waals surface area contributed by atoms with E-state index in [9.17, 15) is 14.3 Å². The monoisotopic (exact) mass is 486 g/mol. The first-order valence-corrected chi connectivity index (χ1v) is 10.8. The van der Waals surface area contributed by atoms with Gasteiger partial charge < -0.3 is 24.8 Å². The number of hydrogen-bond acceptors (Lipinski definition) is 5. The number of para-hydroxylation sites is 2. The molecule has 0 aliphatic carbocycles. The Hall–Kier alpha value is -3.29. The van der Waals surface area contributed by atoms with Gasteiger partial charge in [-0.05, 0) is 61.4 Å². The molecule has 0 aromatic heterocycles. The van der Waals surface area contributed by atoms with E-state index in [2.05, 4.69) is 10.2 Å². The molecule has 0 saturated carbocycles. The summed E-state index contributed by atoms with van der Waals surface area (Å²) in [5.41, 5.74) is 3.60. The molecule has 2 atom stereocenters. The Labute approximate surface area is 204 Å². The minimum atomic E-state index is -0.947. The van der Waals surface area contributed by atoms with Crippen molar-refractivity contribution in [3.63, 3.8) is 0 Å². The second kappa shape index (κ2) is 10.8. The maximum Gasteiger partial charge on any atom is 0.336 e. The largest absolute Gasteiger partial charge is 0.494 e. The van der Waals surface area contributed by atoms with Gasteiger partial charge in [0.05, 0.1) is 24.9 Å². The van der Waals surface area contributed by atoms with Gasteiger partial charge in [0.25, 0.3) is 0 Å². The quantitative estimate of drug-likeness (QED) is 0.458. The van der Waals surface area contributed by atoms with Crippen LogP contribution in [-0.2, 0) is 0 Å². The Kier molecular flexibility index (Phi) is 8.02. The fraction of sp³-hybridized carbons (Fsp3) is 0.269. The molecule has 0 spiro atoms. The summed E-state index contributed by atoms with van der Waals surface area (Å²) in [7, 11) is 1.45. The Morgan fingerprint density at radius 2 is 2.00 bits per heavy atom. The normalized spacial score (nSPS) is 15.5. The molecule has 3 aromatic rings. The first-order chi connectivity index (χ1) is 15.9. The zero-order valence-electron chi connectivity index (χ0n) is 19.2. The summed E-state index contributed by atoms with van der Waals surface area (Å²) in [4.78, 5) is 13.7. The molecule has 0 radical (unpaired) electrons. The van der Waals surface area contributed by atoms with Gasteiger partial charge in [-0.1, -0.05) is 24.3 Å². The third-order valence-electron chi connectivity index (χ3n) is 5.93. The molecule has 3 aromatic carbocycles. The van der Waals surface area contributed by atoms with Crippen molar-refractivity contribution in [1.29, 1.82) is 0 Å². The number of rotatable bonds is 7. The number of halogens is 2. The van der Waals surface area contributed by atoms with E-state index in [1.54, 1.807) is 25.1 Å². The molecular weight excluding hydrogens is 459 g/mol. The Bertz CT molecular complexity index is 1170. The van der Waals surface area contributed by atoms with Crippen LogP contribution in [0.25, 0.3) is 0 Å². The van der Waals surface area contributed by atoms with E-state index < -0.39 is 11.8 Å². The highest BCUT2D eigenvalue weighted by atomic mass is 35.5. The van der Waals surface area contributed by atoms with Gasteiger partial charge in [-0.15, -0.1) is 12.4 Å². The number of anilines is 2. The molecule has 1 heterocycles. The number of aromatic carboxylic acids is 1. The zero-order chi connectivity index (χ0) is 23.5. The standard InChI is InChI=1S/C26H27FN2O4.ClH/c1-16-8-10-19(13-21(16)26(30)31)29-15-20(33-24-7-5-4-6-23(24)29)14-28-17(2)18-9-11-22(27)25(12-18)32-3;/h4-13,17,20,28H,14-15H2,1-3H3,(H,30,31);1H/t17-,20?;/m1./s1. The lowest BCUT2D eigenvalue weighted by Gasteiger charge is -2.37. The van der Waals surface area contributed by atoms with Crippen LogP contribution in [0.3, 0.4) is 0 Å². The predicted molar refractivity (Wildman–Crippen MR) is 133 cm³/mol. The summed E-state index contributed by atoms with van der Waals surface area (Å²) in [5, 5.41) is 13.0. The summed E-state index contributed by atoms with van der Waals surface area (Å²) in [6.45, 7) is 4.88. The average molecular weight is 487 g/mol. The molecule has 1 aliphatic heterocycles. The van der Waals surface area contributed by atoms with Crippen LogP contribution in [0.1, 0.15) is 34.5 Å². The number of nitrogens with zero attached hydrogens (tertiary/aromatic N) is 1. The van der Waals surface area contributed by atoms with E-state index in [4.69, 9.17) is 9.47 Å². The lowest BCUT2D eigenvalue weighted by molar-refractivity contribution is 0.0696. The van der Waals surface area contributed by atoms with Crippen molar-refractivity contribution in [2.45, 2.75) is 26.0 Å². The maximum atomic E-state index is 13.8. The van der Waals surface area contributed by atoms with Crippen molar-refractivity contribution in [2.24, 2.45) is 0 Å². The van der Waals surface area contributed by atoms with Crippen molar-refractivity contribution < 1.29 is 23.8 Å². The highest BCUT2D eigenvalue weighted by molar-refractivity contribution is 5.91. The van der Waals surface area contributed by atoms with Gasteiger partial charge >= 0.3 is 5.97 Å². The van der Waals surface area contributed by atoms with Gasteiger partial charge in [-0.2, -0.15) is 0 Å². The fourth-order valence-corrected chi connectivity index (χ4v) is 4.03. The van der Waals surface area contributed by atoms with Crippen LogP contribution in [0.15, 0.2) is 60.7 Å². The van der Waals surface area contributed by atoms with Crippen LogP contribution in [0.4, 0.5) is 15.8 Å². The SMILES string of the molecule is COc1cc([C@@H](C)NCC2CN(c3ccc(C)c(C(=O)O)c3)c3ccccc3O2)ccc1F.Cl. The number of hydrogen-bond donors (Lipinski definition) is 2. The van der Waals surface area contributed by atoms with Crippen LogP contribution in [0, 0.1) is 12.7 Å². The summed E-state index contributed by atoms with van der Waals surface area (Å²) in [6.07, 6.45) is -0.181. The van der Waals surface area contributed by atoms with Crippen molar-refractivity contribution in [2.75, 3.05) is 25.1 Å². The molecular formula is C26H28ClFN2O4. The molecule has 34 heavy (non-hydrogen) atoms. The molecule has 4 rings (SSSR count). The first-order valence-electron chi connectivity index (χ1n) is 10.8. The highest BCUT2D eigenvalue weighted by Gasteiger charge is 2.27. The van der Waals surface area contributed by atoms with Crippen molar-refractivity contribution in [1.82, 2.24) is 5.32 Å². The van der Waals surface area contributed by atoms with Crippen LogP contribution < -0.4 is 19.7 Å². The molecule has 1 aliphatic rings. The number of methoxy groups -OCH3 is 1. The number of aryl methyl sites for hydroxylation is 1. The minimum absolute atomic E-state index is 0. The molecule has 8 heteroatoms. The lowest BCUT2D eigenvalue weighted by Crippen LogP contribution is -2.44. The second-order valence-corrected chi connectivity index (χ2v) is 8.15. The molecule has 0 amide bonds. The zero-order valence-corrected chi connectivity index (χ0v) is 20.1. The Morgan fingerprint density at radius 1 is 1.24 bits per heavy atom. The maximum absolute atomic E-state index is 13.8. The number of carboxylic acids is 1. The number of nitrogens with one attached hydrogen (secondary N) is 1. The molecule has 0 saturated heterocycles. The molecule has 0 fully saturated rings. The predicted octanol–water partition coefficient (Wildman–Crippen LogP) is 5.51. The Morgan fingerprint density at radius 3 is 2.74 bits per heavy atom. The smallest absolute Gasteiger partial charge is 0.336 e. The number of fused-ring (bicyclic) bond motifs is 1.